The Labute approximate surface area is 254 Å². The highest BCUT2D eigenvalue weighted by molar-refractivity contribution is 5.73. The Morgan fingerprint density at radius 3 is 2.10 bits per heavy atom. The van der Waals surface area contributed by atoms with Crippen LogP contribution in [-0.4, -0.2) is 35.6 Å². The topological polar surface area (TPSA) is 49.8 Å². The minimum atomic E-state index is -0.632. The van der Waals surface area contributed by atoms with Crippen molar-refractivity contribution in [3.63, 3.8) is 0 Å². The molecular weight excluding hydrogens is 518 g/mol. The van der Waals surface area contributed by atoms with Crippen LogP contribution >= 0.6 is 0 Å². The van der Waals surface area contributed by atoms with Crippen molar-refractivity contribution in [3.05, 3.63) is 101 Å². The minimum absolute atomic E-state index is 0.0616. The number of unbranched alkanes of at least 4 members (excludes halogenated alkanes) is 2. The van der Waals surface area contributed by atoms with Crippen molar-refractivity contribution in [3.8, 4) is 5.75 Å². The molecule has 1 aliphatic rings. The van der Waals surface area contributed by atoms with E-state index in [0.29, 0.717) is 30.4 Å². The molecule has 42 heavy (non-hydrogen) atoms. The molecule has 0 bridgehead atoms. The molecule has 1 N–H and O–H groups in total. The molecule has 0 aromatic heterocycles. The lowest BCUT2D eigenvalue weighted by atomic mass is 9.76. The Morgan fingerprint density at radius 2 is 1.52 bits per heavy atom. The van der Waals surface area contributed by atoms with Gasteiger partial charge in [-0.1, -0.05) is 113 Å². The van der Waals surface area contributed by atoms with Crippen LogP contribution in [-0.2, 0) is 10.2 Å². The molecule has 1 saturated heterocycles. The van der Waals surface area contributed by atoms with E-state index in [4.69, 9.17) is 4.74 Å². The number of aliphatic hydroxyl groups excluding tert-OH is 1. The molecular formula is C38H51NO3. The second-order valence-electron chi connectivity index (χ2n) is 13.1. The zero-order valence-electron chi connectivity index (χ0n) is 26.2. The van der Waals surface area contributed by atoms with Crippen molar-refractivity contribution < 1.29 is 14.6 Å². The molecule has 3 aromatic carbocycles. The largest absolute Gasteiger partial charge is 0.426 e. The summed E-state index contributed by atoms with van der Waals surface area (Å²) in [6.07, 6.45) is 6.77. The Hall–Kier alpha value is -2.95. The number of carbonyl (C=O) groups excluding carboxylic acids is 1. The van der Waals surface area contributed by atoms with E-state index in [2.05, 4.69) is 92.4 Å². The lowest BCUT2D eigenvalue weighted by molar-refractivity contribution is -0.134. The molecule has 3 aromatic rings. The maximum absolute atomic E-state index is 12.3. The van der Waals surface area contributed by atoms with Crippen molar-refractivity contribution in [2.75, 3.05) is 19.6 Å². The molecule has 1 aliphatic heterocycles. The van der Waals surface area contributed by atoms with Gasteiger partial charge in [0.1, 0.15) is 5.75 Å². The second kappa shape index (κ2) is 15.5. The van der Waals surface area contributed by atoms with Crippen LogP contribution in [0.5, 0.6) is 5.75 Å². The number of hydrogen-bond acceptors (Lipinski definition) is 4. The highest BCUT2D eigenvalue weighted by Crippen LogP contribution is 2.38. The summed E-state index contributed by atoms with van der Waals surface area (Å²) in [5.74, 6) is 1.39. The van der Waals surface area contributed by atoms with Gasteiger partial charge in [0.25, 0.3) is 0 Å². The van der Waals surface area contributed by atoms with Crippen LogP contribution < -0.4 is 4.74 Å². The summed E-state index contributed by atoms with van der Waals surface area (Å²) in [5, 5.41) is 11.1. The molecule has 1 unspecified atom stereocenters. The summed E-state index contributed by atoms with van der Waals surface area (Å²) in [6.45, 7) is 11.8. The predicted molar refractivity (Wildman–Crippen MR) is 173 cm³/mol. The molecule has 4 rings (SSSR count). The van der Waals surface area contributed by atoms with Gasteiger partial charge in [-0.15, -0.1) is 0 Å². The fourth-order valence-corrected chi connectivity index (χ4v) is 6.32. The van der Waals surface area contributed by atoms with Gasteiger partial charge in [-0.25, -0.2) is 0 Å². The Bertz CT molecular complexity index is 1190. The number of hydrogen-bond donors (Lipinski definition) is 1. The molecule has 0 aliphatic carbocycles. The van der Waals surface area contributed by atoms with Gasteiger partial charge >= 0.3 is 5.97 Å². The smallest absolute Gasteiger partial charge is 0.311 e. The third kappa shape index (κ3) is 9.02. The molecule has 226 valence electrons. The zero-order valence-corrected chi connectivity index (χ0v) is 26.2. The molecule has 0 radical (unpaired) electrons. The van der Waals surface area contributed by atoms with Crippen molar-refractivity contribution in [2.24, 2.45) is 5.92 Å². The van der Waals surface area contributed by atoms with E-state index in [-0.39, 0.29) is 11.4 Å². The van der Waals surface area contributed by atoms with Crippen LogP contribution in [0.3, 0.4) is 0 Å². The van der Waals surface area contributed by atoms with Crippen LogP contribution in [0, 0.1) is 5.92 Å². The molecule has 0 spiro atoms. The second-order valence-corrected chi connectivity index (χ2v) is 13.1. The fourth-order valence-electron chi connectivity index (χ4n) is 6.32. The van der Waals surface area contributed by atoms with Gasteiger partial charge in [0.15, 0.2) is 0 Å². The number of piperidine rings is 1. The van der Waals surface area contributed by atoms with E-state index in [1.54, 1.807) is 0 Å². The average Bonchev–Trinajstić information content (AvgIpc) is 2.98. The van der Waals surface area contributed by atoms with Gasteiger partial charge in [0.2, 0.25) is 0 Å². The van der Waals surface area contributed by atoms with Crippen LogP contribution in [0.1, 0.15) is 113 Å². The first-order valence-electron chi connectivity index (χ1n) is 16.1. The molecule has 4 heteroatoms. The number of benzene rings is 3. The summed E-state index contributed by atoms with van der Waals surface area (Å²) >= 11 is 0. The standard InChI is InChI=1S/C38H51NO3/c1-5-15-36(41)42-35-28-32(38(2,3)4)21-22-33(35)34(40)20-13-8-14-25-39-26-23-31(24-27-39)37(29-16-9-6-10-17-29)30-18-11-7-12-19-30/h6-7,9-12,16-19,21-22,28,31,34,37,40H,5,8,13-15,20,23-27H2,1-4H3. The number of nitrogens with zero attached hydrogens (tertiary/aromatic N) is 1. The third-order valence-corrected chi connectivity index (χ3v) is 8.79. The Balaban J connectivity index is 1.25. The monoisotopic (exact) mass is 569 g/mol. The molecule has 1 heterocycles. The molecule has 0 saturated carbocycles. The number of likely N-dealkylation sites (tertiary alicyclic amines) is 1. The van der Waals surface area contributed by atoms with Gasteiger partial charge in [-0.3, -0.25) is 4.79 Å². The Kier molecular flexibility index (Phi) is 11.8. The number of rotatable bonds is 13. The van der Waals surface area contributed by atoms with Crippen molar-refractivity contribution in [1.82, 2.24) is 4.90 Å². The number of aliphatic hydroxyl groups is 1. The van der Waals surface area contributed by atoms with Gasteiger partial charge < -0.3 is 14.7 Å². The van der Waals surface area contributed by atoms with E-state index in [0.717, 1.165) is 56.4 Å². The van der Waals surface area contributed by atoms with E-state index in [9.17, 15) is 9.90 Å². The number of esters is 1. The van der Waals surface area contributed by atoms with Crippen LogP contribution in [0.15, 0.2) is 78.9 Å². The minimum Gasteiger partial charge on any atom is -0.426 e. The van der Waals surface area contributed by atoms with Crippen molar-refractivity contribution >= 4 is 5.97 Å². The van der Waals surface area contributed by atoms with Crippen molar-refractivity contribution in [1.29, 1.82) is 0 Å². The molecule has 0 amide bonds. The van der Waals surface area contributed by atoms with Gasteiger partial charge in [0.05, 0.1) is 6.10 Å². The highest BCUT2D eigenvalue weighted by atomic mass is 16.5. The molecule has 1 fully saturated rings. The molecule has 1 atom stereocenters. The lowest BCUT2D eigenvalue weighted by Gasteiger charge is -2.36. The SMILES string of the molecule is CCCC(=O)Oc1cc(C(C)(C)C)ccc1C(O)CCCCCN1CCC(C(c2ccccc2)c2ccccc2)CC1. The first kappa shape index (κ1) is 32.0. The third-order valence-electron chi connectivity index (χ3n) is 8.79. The highest BCUT2D eigenvalue weighted by Gasteiger charge is 2.28. The quantitative estimate of drug-likeness (QED) is 0.127. The van der Waals surface area contributed by atoms with E-state index in [1.165, 1.54) is 24.0 Å². The van der Waals surface area contributed by atoms with E-state index < -0.39 is 6.10 Å². The summed E-state index contributed by atoms with van der Waals surface area (Å²) in [5.41, 5.74) is 4.61. The van der Waals surface area contributed by atoms with Gasteiger partial charge in [0, 0.05) is 17.9 Å². The molecule has 4 nitrogen and oxygen atoms in total. The summed E-state index contributed by atoms with van der Waals surface area (Å²) in [6, 6.07) is 28.0. The number of ether oxygens (including phenoxy) is 1. The van der Waals surface area contributed by atoms with Gasteiger partial charge in [-0.05, 0) is 85.8 Å². The summed E-state index contributed by atoms with van der Waals surface area (Å²) < 4.78 is 5.73. The summed E-state index contributed by atoms with van der Waals surface area (Å²) in [4.78, 5) is 14.9. The first-order valence-corrected chi connectivity index (χ1v) is 16.1. The maximum Gasteiger partial charge on any atom is 0.311 e. The van der Waals surface area contributed by atoms with E-state index >= 15 is 0 Å². The van der Waals surface area contributed by atoms with Crippen molar-refractivity contribution in [2.45, 2.75) is 96.5 Å². The van der Waals surface area contributed by atoms with Gasteiger partial charge in [-0.2, -0.15) is 0 Å². The van der Waals surface area contributed by atoms with Crippen LogP contribution in [0.25, 0.3) is 0 Å². The van der Waals surface area contributed by atoms with E-state index in [1.807, 2.05) is 19.1 Å². The average molecular weight is 570 g/mol. The predicted octanol–water partition coefficient (Wildman–Crippen LogP) is 8.83. The normalized spacial score (nSPS) is 15.6. The Morgan fingerprint density at radius 1 is 0.905 bits per heavy atom. The lowest BCUT2D eigenvalue weighted by Crippen LogP contribution is -2.36. The maximum atomic E-state index is 12.3. The fraction of sp³-hybridized carbons (Fsp3) is 0.500. The van der Waals surface area contributed by atoms with Crippen LogP contribution in [0.2, 0.25) is 0 Å². The zero-order chi connectivity index (χ0) is 30.0. The van der Waals surface area contributed by atoms with Crippen LogP contribution in [0.4, 0.5) is 0 Å². The first-order chi connectivity index (χ1) is 20.3. The number of carbonyl (C=O) groups is 1. The summed E-state index contributed by atoms with van der Waals surface area (Å²) in [7, 11) is 0.